The molecule has 0 amide bonds. The molecule has 0 radical (unpaired) electrons. The van der Waals surface area contributed by atoms with Crippen molar-refractivity contribution in [2.75, 3.05) is 0 Å². The standard InChI is InChI=1S/C50H32N4O.C49H31N3O/c1-5-16-34(17-6-1)43-44-45(51-42-27-14-13-26-41(42)47(44)55-46(43)35-18-7-2-8-19-35)40-25-15-24-39(32-40)33-28-30-38(31-29-33)50-53-48(36-20-9-3-10-21-36)52-49(54-50)37-22-11-4-12-23-37;1-4-15-33(16-5-1)43-44-46(50-42-26-13-11-24-40(42)48(44)53-47(43)35-17-6-2-7-18-35)38-22-14-21-37(31-38)32-27-29-34(30-28-32)45-39-23-10-12-25-41(39)51-49(52-45)36-19-8-3-9-20-36/h1-32H;1-31H. The molecule has 0 spiro atoms. The number of pyridine rings is 2. The molecule has 0 saturated carbocycles. The van der Waals surface area contributed by atoms with Crippen LogP contribution in [0.15, 0.2) is 391 Å². The molecule has 6 aromatic heterocycles. The molecule has 0 fully saturated rings. The van der Waals surface area contributed by atoms with Crippen molar-refractivity contribution >= 4 is 54.6 Å². The second-order valence-electron chi connectivity index (χ2n) is 26.6. The Morgan fingerprint density at radius 1 is 0.167 bits per heavy atom. The maximum absolute atomic E-state index is 6.90. The van der Waals surface area contributed by atoms with Crippen LogP contribution in [0, 0.1) is 0 Å². The third-order valence-corrected chi connectivity index (χ3v) is 19.8. The van der Waals surface area contributed by atoms with Gasteiger partial charge in [0.2, 0.25) is 0 Å². The lowest BCUT2D eigenvalue weighted by Crippen LogP contribution is -2.00. The van der Waals surface area contributed by atoms with Gasteiger partial charge in [0.1, 0.15) is 22.7 Å². The molecule has 0 aliphatic rings. The third kappa shape index (κ3) is 12.3. The molecule has 0 saturated heterocycles. The lowest BCUT2D eigenvalue weighted by molar-refractivity contribution is 0.635. The monoisotopic (exact) mass is 1380 g/mol. The first kappa shape index (κ1) is 64.2. The fraction of sp³-hybridized carbons (Fsp3) is 0. The quantitative estimate of drug-likeness (QED) is 0.111. The highest BCUT2D eigenvalue weighted by atomic mass is 16.3. The summed E-state index contributed by atoms with van der Waals surface area (Å²) in [7, 11) is 0. The Labute approximate surface area is 623 Å². The lowest BCUT2D eigenvalue weighted by atomic mass is 9.93. The highest BCUT2D eigenvalue weighted by Crippen LogP contribution is 2.49. The van der Waals surface area contributed by atoms with Crippen molar-refractivity contribution in [3.63, 3.8) is 0 Å². The summed E-state index contributed by atoms with van der Waals surface area (Å²) in [5, 5.41) is 5.00. The molecule has 0 atom stereocenters. The maximum atomic E-state index is 6.90. The Hall–Kier alpha value is -14.7. The molecule has 0 aliphatic carbocycles. The minimum atomic E-state index is 0.624. The molecule has 9 heteroatoms. The Balaban J connectivity index is 0.000000147. The van der Waals surface area contributed by atoms with Gasteiger partial charge in [0.15, 0.2) is 23.3 Å². The largest absolute Gasteiger partial charge is 0.455 e. The van der Waals surface area contributed by atoms with E-state index in [-0.39, 0.29) is 0 Å². The topological polar surface area (TPSA) is 117 Å². The molecule has 20 aromatic rings. The molecular weight excluding hydrogens is 1320 g/mol. The van der Waals surface area contributed by atoms with E-state index in [1.807, 2.05) is 140 Å². The van der Waals surface area contributed by atoms with Crippen LogP contribution in [0.5, 0.6) is 0 Å². The van der Waals surface area contributed by atoms with Crippen molar-refractivity contribution in [1.29, 1.82) is 0 Å². The van der Waals surface area contributed by atoms with Gasteiger partial charge in [-0.25, -0.2) is 34.9 Å². The smallest absolute Gasteiger partial charge is 0.164 e. The highest BCUT2D eigenvalue weighted by molar-refractivity contribution is 6.18. The predicted octanol–water partition coefficient (Wildman–Crippen LogP) is 25.8. The first-order chi connectivity index (χ1) is 53.5. The molecule has 0 bridgehead atoms. The van der Waals surface area contributed by atoms with Crippen molar-refractivity contribution in [2.24, 2.45) is 0 Å². The zero-order valence-corrected chi connectivity index (χ0v) is 58.3. The van der Waals surface area contributed by atoms with Crippen molar-refractivity contribution in [3.8, 4) is 146 Å². The average molecular weight is 1380 g/mol. The highest BCUT2D eigenvalue weighted by Gasteiger charge is 2.27. The van der Waals surface area contributed by atoms with Crippen molar-refractivity contribution in [1.82, 2.24) is 34.9 Å². The van der Waals surface area contributed by atoms with Gasteiger partial charge in [-0.2, -0.15) is 0 Å². The van der Waals surface area contributed by atoms with Gasteiger partial charge in [0.05, 0.1) is 44.4 Å². The molecule has 20 rings (SSSR count). The number of hydrogen-bond acceptors (Lipinski definition) is 9. The van der Waals surface area contributed by atoms with E-state index in [1.54, 1.807) is 0 Å². The SMILES string of the molecule is c1ccc(-c2nc(-c3ccc(-c4cccc(-c5nc6ccccc6c6oc(-c7ccccc7)c(-c7ccccc7)c56)c4)cc3)c3ccccc3n2)cc1.c1ccc(-c2nc(-c3ccccc3)nc(-c3ccc(-c4cccc(-c5nc6ccccc6c6oc(-c7ccccc7)c(-c7ccccc7)c56)c4)cc3)n2)cc1. The number of para-hydroxylation sites is 3. The van der Waals surface area contributed by atoms with Crippen LogP contribution in [-0.2, 0) is 0 Å². The number of benzene rings is 14. The molecular formula is C99H63N7O2. The normalized spacial score (nSPS) is 11.3. The van der Waals surface area contributed by atoms with Crippen molar-refractivity contribution in [2.45, 2.75) is 0 Å². The summed E-state index contributed by atoms with van der Waals surface area (Å²) >= 11 is 0. The molecule has 9 nitrogen and oxygen atoms in total. The predicted molar refractivity (Wildman–Crippen MR) is 440 cm³/mol. The van der Waals surface area contributed by atoms with Crippen LogP contribution in [0.4, 0.5) is 0 Å². The summed E-state index contributed by atoms with van der Waals surface area (Å²) < 4.78 is 13.8. The van der Waals surface area contributed by atoms with Gasteiger partial charge in [-0.1, -0.05) is 340 Å². The zero-order valence-electron chi connectivity index (χ0n) is 58.3. The number of furan rings is 2. The molecule has 14 aromatic carbocycles. The van der Waals surface area contributed by atoms with E-state index in [2.05, 4.69) is 243 Å². The van der Waals surface area contributed by atoms with E-state index in [4.69, 9.17) is 43.7 Å². The van der Waals surface area contributed by atoms with Crippen LogP contribution < -0.4 is 0 Å². The third-order valence-electron chi connectivity index (χ3n) is 19.8. The van der Waals surface area contributed by atoms with E-state index in [0.717, 1.165) is 184 Å². The van der Waals surface area contributed by atoms with E-state index < -0.39 is 0 Å². The van der Waals surface area contributed by atoms with Crippen LogP contribution in [0.2, 0.25) is 0 Å². The minimum Gasteiger partial charge on any atom is -0.455 e. The Bertz CT molecular complexity index is 6620. The average Bonchev–Trinajstić information content (AvgIpc) is 1.57. The van der Waals surface area contributed by atoms with Gasteiger partial charge in [0, 0.05) is 77.4 Å². The zero-order chi connectivity index (χ0) is 71.7. The maximum Gasteiger partial charge on any atom is 0.164 e. The van der Waals surface area contributed by atoms with E-state index >= 15 is 0 Å². The first-order valence-electron chi connectivity index (χ1n) is 36.1. The summed E-state index contributed by atoms with van der Waals surface area (Å²) in [6, 6.07) is 131. The van der Waals surface area contributed by atoms with E-state index in [0.29, 0.717) is 17.5 Å². The summed E-state index contributed by atoms with van der Waals surface area (Å²) in [6.07, 6.45) is 0. The number of hydrogen-bond donors (Lipinski definition) is 0. The number of aromatic nitrogens is 7. The number of rotatable bonds is 13. The molecule has 506 valence electrons. The van der Waals surface area contributed by atoms with Crippen LogP contribution in [0.3, 0.4) is 0 Å². The molecule has 6 heterocycles. The van der Waals surface area contributed by atoms with Gasteiger partial charge >= 0.3 is 0 Å². The van der Waals surface area contributed by atoms with Crippen LogP contribution in [-0.4, -0.2) is 34.9 Å². The summed E-state index contributed by atoms with van der Waals surface area (Å²) in [5.74, 6) is 4.29. The summed E-state index contributed by atoms with van der Waals surface area (Å²) in [4.78, 5) is 35.4. The summed E-state index contributed by atoms with van der Waals surface area (Å²) in [5.41, 5.74) is 24.6. The number of nitrogens with zero attached hydrogens (tertiary/aromatic N) is 7. The Morgan fingerprint density at radius 2 is 0.444 bits per heavy atom. The van der Waals surface area contributed by atoms with Gasteiger partial charge < -0.3 is 8.83 Å². The Morgan fingerprint density at radius 3 is 0.833 bits per heavy atom. The fourth-order valence-corrected chi connectivity index (χ4v) is 14.6. The second kappa shape index (κ2) is 28.2. The molecule has 108 heavy (non-hydrogen) atoms. The first-order valence-corrected chi connectivity index (χ1v) is 36.1. The van der Waals surface area contributed by atoms with Crippen LogP contribution in [0.1, 0.15) is 0 Å². The second-order valence-corrected chi connectivity index (χ2v) is 26.6. The molecule has 0 aliphatic heterocycles. The van der Waals surface area contributed by atoms with Crippen molar-refractivity contribution < 1.29 is 8.83 Å². The minimum absolute atomic E-state index is 0.624. The number of fused-ring (bicyclic) bond motifs is 7. The lowest BCUT2D eigenvalue weighted by Gasteiger charge is -2.12. The van der Waals surface area contributed by atoms with Gasteiger partial charge in [-0.3, -0.25) is 0 Å². The van der Waals surface area contributed by atoms with E-state index in [1.165, 1.54) is 0 Å². The van der Waals surface area contributed by atoms with Crippen molar-refractivity contribution in [3.05, 3.63) is 382 Å². The van der Waals surface area contributed by atoms with Gasteiger partial charge in [-0.15, -0.1) is 0 Å². The molecule has 0 unspecified atom stereocenters. The molecule has 0 N–H and O–H groups in total. The van der Waals surface area contributed by atoms with Crippen LogP contribution in [0.25, 0.3) is 201 Å². The summed E-state index contributed by atoms with van der Waals surface area (Å²) in [6.45, 7) is 0. The van der Waals surface area contributed by atoms with Gasteiger partial charge in [-0.05, 0) is 75.8 Å². The Kier molecular flexibility index (Phi) is 16.7. The van der Waals surface area contributed by atoms with Crippen LogP contribution >= 0.6 is 0 Å². The van der Waals surface area contributed by atoms with Gasteiger partial charge in [0.25, 0.3) is 0 Å². The fourth-order valence-electron chi connectivity index (χ4n) is 14.6. The van der Waals surface area contributed by atoms with E-state index in [9.17, 15) is 0 Å².